The molecule has 1 N–H and O–H groups in total. The van der Waals surface area contributed by atoms with E-state index in [1.54, 1.807) is 0 Å². The number of rotatable bonds is 4. The molecule has 0 amide bonds. The van der Waals surface area contributed by atoms with Crippen LogP contribution in [0, 0.1) is 0 Å². The molecule has 0 bridgehead atoms. The summed E-state index contributed by atoms with van der Waals surface area (Å²) < 4.78 is 4.31. The lowest BCUT2D eigenvalue weighted by Gasteiger charge is -1.95. The van der Waals surface area contributed by atoms with Crippen molar-refractivity contribution in [1.29, 1.82) is 0 Å². The summed E-state index contributed by atoms with van der Waals surface area (Å²) in [6, 6.07) is 0. The van der Waals surface area contributed by atoms with Crippen molar-refractivity contribution in [3.63, 3.8) is 0 Å². The van der Waals surface area contributed by atoms with E-state index in [4.69, 9.17) is 0 Å². The minimum Gasteiger partial charge on any atom is -0.469 e. The number of nitrogens with zero attached hydrogens (tertiary/aromatic N) is 1. The Labute approximate surface area is 58.1 Å². The summed E-state index contributed by atoms with van der Waals surface area (Å²) in [6.45, 7) is 0.294. The Hall–Kier alpha value is -1.35. The van der Waals surface area contributed by atoms with Gasteiger partial charge in [0, 0.05) is 6.54 Å². The van der Waals surface area contributed by atoms with Gasteiger partial charge in [-0.05, 0) is 0 Å². The van der Waals surface area contributed by atoms with Crippen molar-refractivity contribution in [2.75, 3.05) is 13.7 Å². The predicted octanol–water partition coefficient (Wildman–Crippen LogP) is -0.610. The highest BCUT2D eigenvalue weighted by atomic mass is 16.5. The molecule has 5 nitrogen and oxygen atoms in total. The fourth-order valence-electron chi connectivity index (χ4n) is 0.348. The van der Waals surface area contributed by atoms with Crippen molar-refractivity contribution in [1.82, 2.24) is 5.43 Å². The molecule has 0 fully saturated rings. The van der Waals surface area contributed by atoms with Crippen molar-refractivity contribution in [2.24, 2.45) is 5.10 Å². The maximum atomic E-state index is 10.4. The molecular formula is C5H8N2O3. The maximum absolute atomic E-state index is 10.4. The van der Waals surface area contributed by atoms with Crippen molar-refractivity contribution in [3.8, 4) is 0 Å². The lowest BCUT2D eigenvalue weighted by molar-refractivity contribution is -0.140. The number of hydrogen-bond acceptors (Lipinski definition) is 5. The summed E-state index contributed by atoms with van der Waals surface area (Å²) >= 11 is 0. The molecule has 0 rings (SSSR count). The van der Waals surface area contributed by atoms with Gasteiger partial charge in [-0.1, -0.05) is 5.10 Å². The Morgan fingerprint density at radius 3 is 3.00 bits per heavy atom. The molecule has 56 valence electrons. The van der Waals surface area contributed by atoms with E-state index < -0.39 is 0 Å². The van der Waals surface area contributed by atoms with Crippen molar-refractivity contribution in [3.05, 3.63) is 0 Å². The SMILES string of the molecule is COC(=O)CCNN=C=O. The third-order valence-electron chi connectivity index (χ3n) is 0.793. The van der Waals surface area contributed by atoms with Crippen LogP contribution >= 0.6 is 0 Å². The molecule has 0 spiro atoms. The summed E-state index contributed by atoms with van der Waals surface area (Å²) in [7, 11) is 1.30. The van der Waals surface area contributed by atoms with Gasteiger partial charge in [0.05, 0.1) is 13.5 Å². The van der Waals surface area contributed by atoms with Crippen LogP contribution < -0.4 is 5.43 Å². The van der Waals surface area contributed by atoms with Crippen LogP contribution in [0.15, 0.2) is 5.10 Å². The average Bonchev–Trinajstić information content (AvgIpc) is 1.98. The Balaban J connectivity index is 3.19. The Bertz CT molecular complexity index is 151. The molecule has 0 aromatic carbocycles. The average molecular weight is 144 g/mol. The molecule has 0 aliphatic heterocycles. The fraction of sp³-hybridized carbons (Fsp3) is 0.600. The number of esters is 1. The highest BCUT2D eigenvalue weighted by Gasteiger charge is 1.96. The van der Waals surface area contributed by atoms with E-state index in [9.17, 15) is 9.59 Å². The number of nitrogens with one attached hydrogen (secondary N) is 1. The molecule has 0 saturated heterocycles. The van der Waals surface area contributed by atoms with Crippen LogP contribution in [0.2, 0.25) is 0 Å². The second-order valence-corrected chi connectivity index (χ2v) is 1.44. The first-order valence-electron chi connectivity index (χ1n) is 2.67. The van der Waals surface area contributed by atoms with Crippen LogP contribution in [0.3, 0.4) is 0 Å². The number of carbonyl (C=O) groups is 1. The zero-order chi connectivity index (χ0) is 7.82. The zero-order valence-corrected chi connectivity index (χ0v) is 5.59. The molecule has 0 atom stereocenters. The molecule has 5 heteroatoms. The van der Waals surface area contributed by atoms with Gasteiger partial charge in [-0.25, -0.2) is 4.79 Å². The summed E-state index contributed by atoms with van der Waals surface area (Å²) in [5.41, 5.74) is 2.30. The molecule has 0 saturated carbocycles. The van der Waals surface area contributed by atoms with Crippen LogP contribution in [0.4, 0.5) is 0 Å². The first-order chi connectivity index (χ1) is 4.81. The van der Waals surface area contributed by atoms with E-state index in [-0.39, 0.29) is 12.4 Å². The Kier molecular flexibility index (Phi) is 5.00. The number of hydrazone groups is 1. The van der Waals surface area contributed by atoms with E-state index in [2.05, 4.69) is 15.3 Å². The smallest absolute Gasteiger partial charge is 0.307 e. The standard InChI is InChI=1S/C5H8N2O3/c1-10-5(9)2-3-6-7-4-8/h6H,2-3H2,1H3. The van der Waals surface area contributed by atoms with Gasteiger partial charge < -0.3 is 4.74 Å². The van der Waals surface area contributed by atoms with Gasteiger partial charge in [-0.2, -0.15) is 0 Å². The van der Waals surface area contributed by atoms with Gasteiger partial charge in [0.2, 0.25) is 0 Å². The third kappa shape index (κ3) is 4.80. The van der Waals surface area contributed by atoms with Crippen LogP contribution in [0.5, 0.6) is 0 Å². The van der Waals surface area contributed by atoms with Crippen LogP contribution in [-0.4, -0.2) is 25.7 Å². The number of hydrogen-bond donors (Lipinski definition) is 1. The van der Waals surface area contributed by atoms with Crippen LogP contribution in [0.1, 0.15) is 6.42 Å². The van der Waals surface area contributed by atoms with Gasteiger partial charge >= 0.3 is 5.97 Å². The number of carbonyl (C=O) groups excluding carboxylic acids is 2. The molecule has 0 heterocycles. The van der Waals surface area contributed by atoms with Crippen molar-refractivity contribution in [2.45, 2.75) is 6.42 Å². The molecule has 0 aromatic heterocycles. The normalized spacial score (nSPS) is 7.70. The predicted molar refractivity (Wildman–Crippen MR) is 32.8 cm³/mol. The summed E-state index contributed by atoms with van der Waals surface area (Å²) in [6.07, 6.45) is 1.47. The molecule has 0 aliphatic rings. The third-order valence-corrected chi connectivity index (χ3v) is 0.793. The zero-order valence-electron chi connectivity index (χ0n) is 5.59. The quantitative estimate of drug-likeness (QED) is 0.188. The summed E-state index contributed by atoms with van der Waals surface area (Å²) in [5, 5.41) is 3.01. The largest absolute Gasteiger partial charge is 0.469 e. The molecular weight excluding hydrogens is 136 g/mol. The molecule has 0 aromatic rings. The van der Waals surface area contributed by atoms with E-state index in [0.29, 0.717) is 6.54 Å². The number of methoxy groups -OCH3 is 1. The highest BCUT2D eigenvalue weighted by molar-refractivity contribution is 5.69. The maximum Gasteiger partial charge on any atom is 0.307 e. The second kappa shape index (κ2) is 5.78. The monoisotopic (exact) mass is 144 g/mol. The van der Waals surface area contributed by atoms with Crippen molar-refractivity contribution < 1.29 is 14.3 Å². The van der Waals surface area contributed by atoms with Crippen LogP contribution in [0.25, 0.3) is 0 Å². The summed E-state index contributed by atoms with van der Waals surface area (Å²) in [4.78, 5) is 19.8. The minimum atomic E-state index is -0.339. The van der Waals surface area contributed by atoms with Gasteiger partial charge in [0.25, 0.3) is 6.08 Å². The van der Waals surface area contributed by atoms with E-state index >= 15 is 0 Å². The van der Waals surface area contributed by atoms with Gasteiger partial charge in [-0.15, -0.1) is 0 Å². The highest BCUT2D eigenvalue weighted by Crippen LogP contribution is 1.79. The van der Waals surface area contributed by atoms with Gasteiger partial charge in [-0.3, -0.25) is 10.2 Å². The molecule has 10 heavy (non-hydrogen) atoms. The molecule has 0 aliphatic carbocycles. The second-order valence-electron chi connectivity index (χ2n) is 1.44. The van der Waals surface area contributed by atoms with Crippen molar-refractivity contribution >= 4 is 12.0 Å². The fourth-order valence-corrected chi connectivity index (χ4v) is 0.348. The lowest BCUT2D eigenvalue weighted by atomic mass is 10.4. The number of isocyanates is 1. The van der Waals surface area contributed by atoms with Gasteiger partial charge in [0.1, 0.15) is 0 Å². The minimum absolute atomic E-state index is 0.196. The first kappa shape index (κ1) is 8.65. The van der Waals surface area contributed by atoms with E-state index in [1.807, 2.05) is 0 Å². The Morgan fingerprint density at radius 1 is 1.80 bits per heavy atom. The molecule has 0 unspecified atom stereocenters. The van der Waals surface area contributed by atoms with E-state index in [0.717, 1.165) is 0 Å². The molecule has 0 radical (unpaired) electrons. The first-order valence-corrected chi connectivity index (χ1v) is 2.67. The van der Waals surface area contributed by atoms with Crippen LogP contribution in [-0.2, 0) is 14.3 Å². The van der Waals surface area contributed by atoms with E-state index in [1.165, 1.54) is 13.2 Å². The summed E-state index contributed by atoms with van der Waals surface area (Å²) in [5.74, 6) is -0.339. The van der Waals surface area contributed by atoms with Gasteiger partial charge in [0.15, 0.2) is 0 Å². The number of ether oxygens (including phenoxy) is 1. The Morgan fingerprint density at radius 2 is 2.50 bits per heavy atom. The topological polar surface area (TPSA) is 67.8 Å². The lowest BCUT2D eigenvalue weighted by Crippen LogP contribution is -2.12.